The van der Waals surface area contributed by atoms with Gasteiger partial charge in [0.1, 0.15) is 5.01 Å². The average Bonchev–Trinajstić information content (AvgIpc) is 3.19. The van der Waals surface area contributed by atoms with Crippen LogP contribution >= 0.6 is 11.3 Å². The first-order valence-electron chi connectivity index (χ1n) is 8.22. The van der Waals surface area contributed by atoms with Gasteiger partial charge in [-0.05, 0) is 44.7 Å². The molecule has 2 fully saturated rings. The second-order valence-electron chi connectivity index (χ2n) is 6.40. The van der Waals surface area contributed by atoms with Gasteiger partial charge in [0.05, 0.1) is 5.69 Å². The van der Waals surface area contributed by atoms with E-state index in [1.54, 1.807) is 0 Å². The van der Waals surface area contributed by atoms with Crippen LogP contribution in [-0.4, -0.2) is 29.0 Å². The number of aromatic nitrogens is 1. The number of thiazole rings is 1. The molecule has 0 atom stereocenters. The fourth-order valence-corrected chi connectivity index (χ4v) is 3.83. The van der Waals surface area contributed by atoms with Crippen LogP contribution in [-0.2, 0) is 13.1 Å². The second-order valence-corrected chi connectivity index (χ2v) is 7.34. The molecule has 0 amide bonds. The Kier molecular flexibility index (Phi) is 5.08. The molecular weight excluding hydrogens is 266 g/mol. The summed E-state index contributed by atoms with van der Waals surface area (Å²) in [7, 11) is 0. The molecule has 0 radical (unpaired) electrons. The molecule has 1 aliphatic heterocycles. The van der Waals surface area contributed by atoms with Crippen molar-refractivity contribution in [2.75, 3.05) is 13.1 Å². The highest BCUT2D eigenvalue weighted by Gasteiger charge is 2.21. The molecule has 0 spiro atoms. The monoisotopic (exact) mass is 293 g/mol. The molecule has 1 aromatic heterocycles. The summed E-state index contributed by atoms with van der Waals surface area (Å²) in [4.78, 5) is 7.36. The number of rotatable bonds is 7. The first-order valence-corrected chi connectivity index (χ1v) is 9.10. The first-order chi connectivity index (χ1) is 9.83. The van der Waals surface area contributed by atoms with Crippen LogP contribution in [0, 0.1) is 5.92 Å². The lowest BCUT2D eigenvalue weighted by Crippen LogP contribution is -2.33. The van der Waals surface area contributed by atoms with Gasteiger partial charge in [-0.2, -0.15) is 0 Å². The van der Waals surface area contributed by atoms with Gasteiger partial charge in [0, 0.05) is 24.5 Å². The van der Waals surface area contributed by atoms with E-state index < -0.39 is 0 Å². The van der Waals surface area contributed by atoms with E-state index >= 15 is 0 Å². The maximum atomic E-state index is 4.77. The van der Waals surface area contributed by atoms with Crippen LogP contribution in [0.5, 0.6) is 0 Å². The maximum Gasteiger partial charge on any atom is 0.107 e. The maximum absolute atomic E-state index is 4.77. The van der Waals surface area contributed by atoms with E-state index in [0.29, 0.717) is 0 Å². The number of nitrogens with zero attached hydrogens (tertiary/aromatic N) is 2. The van der Waals surface area contributed by atoms with Crippen molar-refractivity contribution in [1.82, 2.24) is 15.2 Å². The highest BCUT2D eigenvalue weighted by atomic mass is 32.1. The number of piperidine rings is 1. The third kappa shape index (κ3) is 4.27. The zero-order valence-electron chi connectivity index (χ0n) is 12.6. The van der Waals surface area contributed by atoms with Crippen molar-refractivity contribution in [1.29, 1.82) is 0 Å². The van der Waals surface area contributed by atoms with Crippen LogP contribution in [0.4, 0.5) is 0 Å². The SMILES string of the molecule is CCCC1CCN(Cc2csc(CNC3CC3)n2)CC1. The predicted octanol–water partition coefficient (Wildman–Crippen LogP) is 3.41. The van der Waals surface area contributed by atoms with E-state index in [1.165, 1.54) is 62.3 Å². The van der Waals surface area contributed by atoms with Crippen LogP contribution in [0.1, 0.15) is 56.2 Å². The van der Waals surface area contributed by atoms with Gasteiger partial charge in [-0.3, -0.25) is 4.90 Å². The normalized spacial score (nSPS) is 21.4. The lowest BCUT2D eigenvalue weighted by Gasteiger charge is -2.31. The molecule has 2 aliphatic rings. The van der Waals surface area contributed by atoms with Crippen LogP contribution in [0.3, 0.4) is 0 Å². The van der Waals surface area contributed by atoms with Gasteiger partial charge in [0.25, 0.3) is 0 Å². The number of hydrogen-bond acceptors (Lipinski definition) is 4. The summed E-state index contributed by atoms with van der Waals surface area (Å²) < 4.78 is 0. The third-order valence-corrected chi connectivity index (χ3v) is 5.41. The summed E-state index contributed by atoms with van der Waals surface area (Å²) in [6, 6.07) is 0.778. The topological polar surface area (TPSA) is 28.2 Å². The average molecular weight is 293 g/mol. The number of hydrogen-bond donors (Lipinski definition) is 1. The van der Waals surface area contributed by atoms with E-state index in [-0.39, 0.29) is 0 Å². The molecule has 1 saturated heterocycles. The Bertz CT molecular complexity index is 406. The summed E-state index contributed by atoms with van der Waals surface area (Å²) in [6.07, 6.45) is 8.23. The minimum atomic E-state index is 0.778. The predicted molar refractivity (Wildman–Crippen MR) is 84.9 cm³/mol. The molecule has 20 heavy (non-hydrogen) atoms. The van der Waals surface area contributed by atoms with Crippen molar-refractivity contribution in [3.63, 3.8) is 0 Å². The molecule has 1 N–H and O–H groups in total. The Balaban J connectivity index is 1.41. The molecule has 0 aromatic carbocycles. The standard InChI is InChI=1S/C16H27N3S/c1-2-3-13-6-8-19(9-7-13)11-15-12-20-16(18-15)10-17-14-4-5-14/h12-14,17H,2-11H2,1H3. The molecule has 112 valence electrons. The summed E-state index contributed by atoms with van der Waals surface area (Å²) in [5.41, 5.74) is 1.27. The summed E-state index contributed by atoms with van der Waals surface area (Å²) in [6.45, 7) is 6.85. The number of nitrogens with one attached hydrogen (secondary N) is 1. The molecule has 1 aromatic rings. The van der Waals surface area contributed by atoms with Gasteiger partial charge in [-0.25, -0.2) is 4.98 Å². The molecule has 0 unspecified atom stereocenters. The highest BCUT2D eigenvalue weighted by Crippen LogP contribution is 2.23. The molecule has 4 heteroatoms. The van der Waals surface area contributed by atoms with Crippen molar-refractivity contribution in [2.24, 2.45) is 5.92 Å². The van der Waals surface area contributed by atoms with E-state index in [1.807, 2.05) is 11.3 Å². The van der Waals surface area contributed by atoms with Gasteiger partial charge in [-0.15, -0.1) is 11.3 Å². The fraction of sp³-hybridized carbons (Fsp3) is 0.812. The van der Waals surface area contributed by atoms with Crippen LogP contribution in [0.15, 0.2) is 5.38 Å². The Labute approximate surface area is 126 Å². The molecule has 3 nitrogen and oxygen atoms in total. The molecule has 3 rings (SSSR count). The molecule has 2 heterocycles. The van der Waals surface area contributed by atoms with Crippen LogP contribution in [0.25, 0.3) is 0 Å². The molecule has 0 bridgehead atoms. The number of likely N-dealkylation sites (tertiary alicyclic amines) is 1. The van der Waals surface area contributed by atoms with Gasteiger partial charge < -0.3 is 5.32 Å². The van der Waals surface area contributed by atoms with Crippen molar-refractivity contribution in [3.05, 3.63) is 16.1 Å². The summed E-state index contributed by atoms with van der Waals surface area (Å²) in [5, 5.41) is 7.05. The van der Waals surface area contributed by atoms with Gasteiger partial charge in [-0.1, -0.05) is 19.8 Å². The Morgan fingerprint density at radius 3 is 2.80 bits per heavy atom. The van der Waals surface area contributed by atoms with Crippen molar-refractivity contribution < 1.29 is 0 Å². The summed E-state index contributed by atoms with van der Waals surface area (Å²) >= 11 is 1.82. The Morgan fingerprint density at radius 2 is 2.10 bits per heavy atom. The largest absolute Gasteiger partial charge is 0.308 e. The molecular formula is C16H27N3S. The van der Waals surface area contributed by atoms with E-state index in [2.05, 4.69) is 22.5 Å². The zero-order valence-corrected chi connectivity index (χ0v) is 13.4. The van der Waals surface area contributed by atoms with Crippen molar-refractivity contribution in [3.8, 4) is 0 Å². The fourth-order valence-electron chi connectivity index (χ4n) is 3.09. The quantitative estimate of drug-likeness (QED) is 0.835. The third-order valence-electron chi connectivity index (χ3n) is 4.51. The minimum absolute atomic E-state index is 0.778. The van der Waals surface area contributed by atoms with Gasteiger partial charge in [0.2, 0.25) is 0 Å². The minimum Gasteiger partial charge on any atom is -0.308 e. The van der Waals surface area contributed by atoms with E-state index in [0.717, 1.165) is 25.0 Å². The second kappa shape index (κ2) is 7.01. The van der Waals surface area contributed by atoms with Gasteiger partial charge in [0.15, 0.2) is 0 Å². The van der Waals surface area contributed by atoms with Crippen LogP contribution < -0.4 is 5.32 Å². The van der Waals surface area contributed by atoms with E-state index in [4.69, 9.17) is 4.98 Å². The Hall–Kier alpha value is -0.450. The van der Waals surface area contributed by atoms with Crippen molar-refractivity contribution >= 4 is 11.3 Å². The van der Waals surface area contributed by atoms with E-state index in [9.17, 15) is 0 Å². The van der Waals surface area contributed by atoms with Crippen LogP contribution in [0.2, 0.25) is 0 Å². The summed E-state index contributed by atoms with van der Waals surface area (Å²) in [5.74, 6) is 0.977. The molecule has 1 saturated carbocycles. The molecule has 1 aliphatic carbocycles. The lowest BCUT2D eigenvalue weighted by atomic mass is 9.92. The smallest absolute Gasteiger partial charge is 0.107 e. The lowest BCUT2D eigenvalue weighted by molar-refractivity contribution is 0.170. The van der Waals surface area contributed by atoms with Crippen molar-refractivity contribution in [2.45, 2.75) is 64.6 Å². The Morgan fingerprint density at radius 1 is 1.30 bits per heavy atom. The van der Waals surface area contributed by atoms with Gasteiger partial charge >= 0.3 is 0 Å². The zero-order chi connectivity index (χ0) is 13.8. The highest BCUT2D eigenvalue weighted by molar-refractivity contribution is 7.09. The first kappa shape index (κ1) is 14.5.